The Hall–Kier alpha value is -1.36. The van der Waals surface area contributed by atoms with Crippen LogP contribution in [0.2, 0.25) is 0 Å². The number of carbonyl (C=O) groups excluding carboxylic acids is 1. The van der Waals surface area contributed by atoms with Gasteiger partial charge in [-0.2, -0.15) is 5.10 Å². The average molecular weight is 278 g/mol. The molecule has 2 heterocycles. The Morgan fingerprint density at radius 3 is 2.75 bits per heavy atom. The van der Waals surface area contributed by atoms with Crippen molar-refractivity contribution in [2.45, 2.75) is 52.1 Å². The van der Waals surface area contributed by atoms with Crippen molar-refractivity contribution in [2.75, 3.05) is 13.1 Å². The summed E-state index contributed by atoms with van der Waals surface area (Å²) in [4.78, 5) is 14.3. The molecular weight excluding hydrogens is 252 g/mol. The van der Waals surface area contributed by atoms with E-state index in [9.17, 15) is 4.79 Å². The molecule has 20 heavy (non-hydrogen) atoms. The average Bonchev–Trinajstić information content (AvgIpc) is 2.85. The largest absolute Gasteiger partial charge is 0.341 e. The van der Waals surface area contributed by atoms with Gasteiger partial charge in [0.1, 0.15) is 0 Å². The van der Waals surface area contributed by atoms with E-state index in [4.69, 9.17) is 0 Å². The predicted octanol–water partition coefficient (Wildman–Crippen LogP) is 1.47. The van der Waals surface area contributed by atoms with Gasteiger partial charge in [0.15, 0.2) is 0 Å². The molecule has 0 bridgehead atoms. The third kappa shape index (κ3) is 3.60. The van der Waals surface area contributed by atoms with Crippen LogP contribution in [0.1, 0.15) is 44.4 Å². The monoisotopic (exact) mass is 278 g/mol. The SMILES string of the molecule is CCc1nn(C)cc1CNC(C)C(=O)N1CCCCC1. The number of piperidine rings is 1. The predicted molar refractivity (Wildman–Crippen MR) is 79.3 cm³/mol. The number of nitrogens with one attached hydrogen (secondary N) is 1. The Balaban J connectivity index is 1.87. The zero-order valence-corrected chi connectivity index (χ0v) is 12.9. The van der Waals surface area contributed by atoms with Crippen LogP contribution in [-0.4, -0.2) is 39.7 Å². The molecule has 1 fully saturated rings. The van der Waals surface area contributed by atoms with E-state index in [-0.39, 0.29) is 11.9 Å². The molecule has 0 aromatic carbocycles. The van der Waals surface area contributed by atoms with Gasteiger partial charge in [0.25, 0.3) is 0 Å². The van der Waals surface area contributed by atoms with Crippen LogP contribution in [0, 0.1) is 0 Å². The molecule has 0 spiro atoms. The van der Waals surface area contributed by atoms with E-state index in [1.165, 1.54) is 12.0 Å². The Morgan fingerprint density at radius 2 is 2.10 bits per heavy atom. The summed E-state index contributed by atoms with van der Waals surface area (Å²) in [6.45, 7) is 6.60. The number of rotatable bonds is 5. The number of hydrogen-bond donors (Lipinski definition) is 1. The van der Waals surface area contributed by atoms with Gasteiger partial charge in [-0.05, 0) is 32.6 Å². The summed E-state index contributed by atoms with van der Waals surface area (Å²) in [5.41, 5.74) is 2.30. The lowest BCUT2D eigenvalue weighted by Crippen LogP contribution is -2.46. The smallest absolute Gasteiger partial charge is 0.239 e. The molecule has 0 saturated carbocycles. The minimum atomic E-state index is -0.127. The van der Waals surface area contributed by atoms with Crippen molar-refractivity contribution in [1.29, 1.82) is 0 Å². The summed E-state index contributed by atoms with van der Waals surface area (Å²) in [6.07, 6.45) is 6.49. The first-order valence-electron chi connectivity index (χ1n) is 7.65. The third-order valence-corrected chi connectivity index (χ3v) is 3.96. The Kier molecular flexibility index (Phi) is 5.17. The summed E-state index contributed by atoms with van der Waals surface area (Å²) in [5.74, 6) is 0.228. The normalized spacial score (nSPS) is 17.2. The van der Waals surface area contributed by atoms with Gasteiger partial charge in [0.2, 0.25) is 5.91 Å². The summed E-state index contributed by atoms with van der Waals surface area (Å²) >= 11 is 0. The molecule has 1 N–H and O–H groups in total. The number of amides is 1. The van der Waals surface area contributed by atoms with Crippen molar-refractivity contribution in [2.24, 2.45) is 7.05 Å². The topological polar surface area (TPSA) is 50.2 Å². The quantitative estimate of drug-likeness (QED) is 0.887. The lowest BCUT2D eigenvalue weighted by molar-refractivity contribution is -0.133. The molecule has 1 aliphatic heterocycles. The zero-order chi connectivity index (χ0) is 14.5. The maximum Gasteiger partial charge on any atom is 0.239 e. The van der Waals surface area contributed by atoms with Crippen LogP contribution in [0.3, 0.4) is 0 Å². The van der Waals surface area contributed by atoms with Gasteiger partial charge in [-0.3, -0.25) is 9.48 Å². The van der Waals surface area contributed by atoms with Crippen molar-refractivity contribution in [3.05, 3.63) is 17.5 Å². The maximum absolute atomic E-state index is 12.3. The van der Waals surface area contributed by atoms with Gasteiger partial charge in [0.05, 0.1) is 11.7 Å². The molecule has 1 aromatic rings. The van der Waals surface area contributed by atoms with Crippen LogP contribution in [0.25, 0.3) is 0 Å². The van der Waals surface area contributed by atoms with Crippen LogP contribution >= 0.6 is 0 Å². The summed E-state index contributed by atoms with van der Waals surface area (Å²) in [6, 6.07) is -0.127. The molecule has 1 saturated heterocycles. The van der Waals surface area contributed by atoms with Crippen molar-refractivity contribution in [3.8, 4) is 0 Å². The van der Waals surface area contributed by atoms with Gasteiger partial charge in [-0.15, -0.1) is 0 Å². The van der Waals surface area contributed by atoms with E-state index in [1.54, 1.807) is 0 Å². The first-order chi connectivity index (χ1) is 9.61. The Morgan fingerprint density at radius 1 is 1.40 bits per heavy atom. The van der Waals surface area contributed by atoms with Gasteiger partial charge in [0, 0.05) is 38.4 Å². The van der Waals surface area contributed by atoms with Gasteiger partial charge >= 0.3 is 0 Å². The van der Waals surface area contributed by atoms with Crippen molar-refractivity contribution in [1.82, 2.24) is 20.0 Å². The number of aryl methyl sites for hydroxylation is 2. The van der Waals surface area contributed by atoms with Crippen molar-refractivity contribution >= 4 is 5.91 Å². The highest BCUT2D eigenvalue weighted by molar-refractivity contribution is 5.81. The number of nitrogens with zero attached hydrogens (tertiary/aromatic N) is 3. The van der Waals surface area contributed by atoms with Crippen LogP contribution in [0.5, 0.6) is 0 Å². The molecule has 5 nitrogen and oxygen atoms in total. The van der Waals surface area contributed by atoms with Crippen LogP contribution in [0.4, 0.5) is 0 Å². The summed E-state index contributed by atoms with van der Waals surface area (Å²) in [5, 5.41) is 7.76. The second kappa shape index (κ2) is 6.88. The number of aromatic nitrogens is 2. The Bertz CT molecular complexity index is 449. The second-order valence-corrected chi connectivity index (χ2v) is 5.62. The van der Waals surface area contributed by atoms with Crippen molar-refractivity contribution in [3.63, 3.8) is 0 Å². The fourth-order valence-corrected chi connectivity index (χ4v) is 2.77. The lowest BCUT2D eigenvalue weighted by Gasteiger charge is -2.29. The number of likely N-dealkylation sites (tertiary alicyclic amines) is 1. The van der Waals surface area contributed by atoms with Gasteiger partial charge in [-0.25, -0.2) is 0 Å². The highest BCUT2D eigenvalue weighted by Crippen LogP contribution is 2.11. The fraction of sp³-hybridized carbons (Fsp3) is 0.733. The molecule has 112 valence electrons. The molecule has 0 aliphatic carbocycles. The van der Waals surface area contributed by atoms with E-state index < -0.39 is 0 Å². The van der Waals surface area contributed by atoms with E-state index in [0.717, 1.165) is 38.0 Å². The number of carbonyl (C=O) groups is 1. The molecule has 1 amide bonds. The molecule has 1 aromatic heterocycles. The van der Waals surface area contributed by atoms with E-state index in [0.29, 0.717) is 6.54 Å². The highest BCUT2D eigenvalue weighted by Gasteiger charge is 2.21. The highest BCUT2D eigenvalue weighted by atomic mass is 16.2. The molecule has 2 rings (SSSR count). The minimum absolute atomic E-state index is 0.127. The molecule has 1 aliphatic rings. The lowest BCUT2D eigenvalue weighted by atomic mass is 10.1. The second-order valence-electron chi connectivity index (χ2n) is 5.62. The van der Waals surface area contributed by atoms with Crippen molar-refractivity contribution < 1.29 is 4.79 Å². The molecule has 1 atom stereocenters. The fourth-order valence-electron chi connectivity index (χ4n) is 2.77. The van der Waals surface area contributed by atoms with Crippen LogP contribution in [-0.2, 0) is 24.8 Å². The van der Waals surface area contributed by atoms with Crippen LogP contribution < -0.4 is 5.32 Å². The maximum atomic E-state index is 12.3. The standard InChI is InChI=1S/C15H26N4O/c1-4-14-13(11-18(3)17-14)10-16-12(2)15(20)19-8-6-5-7-9-19/h11-12,16H,4-10H2,1-3H3. The number of hydrogen-bond acceptors (Lipinski definition) is 3. The molecular formula is C15H26N4O. The Labute approximate surface area is 121 Å². The van der Waals surface area contributed by atoms with E-state index in [1.807, 2.05) is 29.7 Å². The summed E-state index contributed by atoms with van der Waals surface area (Å²) in [7, 11) is 1.94. The molecule has 0 radical (unpaired) electrons. The van der Waals surface area contributed by atoms with Gasteiger partial charge in [-0.1, -0.05) is 6.92 Å². The first-order valence-corrected chi connectivity index (χ1v) is 7.65. The van der Waals surface area contributed by atoms with E-state index >= 15 is 0 Å². The van der Waals surface area contributed by atoms with Gasteiger partial charge < -0.3 is 10.2 Å². The molecule has 5 heteroatoms. The van der Waals surface area contributed by atoms with E-state index in [2.05, 4.69) is 17.3 Å². The first kappa shape index (κ1) is 15.0. The summed E-state index contributed by atoms with van der Waals surface area (Å²) < 4.78 is 1.84. The van der Waals surface area contributed by atoms with Crippen LogP contribution in [0.15, 0.2) is 6.20 Å². The molecule has 1 unspecified atom stereocenters. The third-order valence-electron chi connectivity index (χ3n) is 3.96. The zero-order valence-electron chi connectivity index (χ0n) is 12.9. The minimum Gasteiger partial charge on any atom is -0.341 e.